The molecule has 0 fully saturated rings. The van der Waals surface area contributed by atoms with Gasteiger partial charge in [-0.05, 0) is 17.6 Å². The van der Waals surface area contributed by atoms with Gasteiger partial charge in [-0.3, -0.25) is 0 Å². The van der Waals surface area contributed by atoms with Crippen LogP contribution in [0.4, 0.5) is 0 Å². The van der Waals surface area contributed by atoms with Crippen LogP contribution in [0.15, 0.2) is 48.6 Å². The fraction of sp³-hybridized carbons (Fsp3) is 0.286. The molecular weight excluding hydrogens is 328 g/mol. The predicted molar refractivity (Wildman–Crippen MR) is 78.2 cm³/mol. The molecule has 0 unspecified atom stereocenters. The van der Waals surface area contributed by atoms with Gasteiger partial charge in [0, 0.05) is 16.1 Å². The molecule has 0 saturated heterocycles. The van der Waals surface area contributed by atoms with Crippen LogP contribution in [0.3, 0.4) is 0 Å². The number of alkyl halides is 2. The minimum absolute atomic E-state index is 0.222. The molecular formula is C14H14Br2. The average molecular weight is 342 g/mol. The van der Waals surface area contributed by atoms with Gasteiger partial charge in [0.15, 0.2) is 0 Å². The van der Waals surface area contributed by atoms with E-state index >= 15 is 0 Å². The summed E-state index contributed by atoms with van der Waals surface area (Å²) < 4.78 is 0. The highest BCUT2D eigenvalue weighted by Crippen LogP contribution is 2.38. The molecule has 2 heteroatoms. The summed E-state index contributed by atoms with van der Waals surface area (Å²) in [6.45, 7) is 0. The number of hydrogen-bond donors (Lipinski definition) is 0. The molecule has 0 aromatic heterocycles. The molecule has 1 aliphatic carbocycles. The monoisotopic (exact) mass is 340 g/mol. The van der Waals surface area contributed by atoms with Crippen molar-refractivity contribution in [3.63, 3.8) is 0 Å². The minimum Gasteiger partial charge on any atom is -0.0918 e. The lowest BCUT2D eigenvalue weighted by Crippen LogP contribution is -2.23. The Balaban J connectivity index is 2.26. The summed E-state index contributed by atoms with van der Waals surface area (Å²) in [6.07, 6.45) is 7.78. The smallest absolute Gasteiger partial charge is 0.0134 e. The molecule has 0 aliphatic heterocycles. The normalized spacial score (nSPS) is 18.2. The lowest BCUT2D eigenvalue weighted by molar-refractivity contribution is 0.523. The van der Waals surface area contributed by atoms with Crippen molar-refractivity contribution >= 4 is 37.4 Å². The number of benzene rings is 1. The van der Waals surface area contributed by atoms with E-state index in [4.69, 9.17) is 0 Å². The molecule has 0 bridgehead atoms. The molecule has 0 heterocycles. The summed E-state index contributed by atoms with van der Waals surface area (Å²) in [6, 6.07) is 10.6. The highest BCUT2D eigenvalue weighted by molar-refractivity contribution is 9.09. The van der Waals surface area contributed by atoms with E-state index in [2.05, 4.69) is 80.4 Å². The number of hydrogen-bond acceptors (Lipinski definition) is 0. The first-order valence-electron chi connectivity index (χ1n) is 5.35. The summed E-state index contributed by atoms with van der Waals surface area (Å²) >= 11 is 7.24. The molecule has 1 aliphatic rings. The second kappa shape index (κ2) is 5.33. The van der Waals surface area contributed by atoms with Gasteiger partial charge >= 0.3 is 0 Å². The number of allylic oxidation sites excluding steroid dienone is 4. The molecule has 84 valence electrons. The van der Waals surface area contributed by atoms with E-state index in [9.17, 15) is 0 Å². The van der Waals surface area contributed by atoms with Crippen LogP contribution in [0, 0.1) is 5.41 Å². The zero-order valence-corrected chi connectivity index (χ0v) is 12.2. The van der Waals surface area contributed by atoms with E-state index in [-0.39, 0.29) is 5.41 Å². The first-order valence-corrected chi connectivity index (χ1v) is 7.60. The van der Waals surface area contributed by atoms with Crippen LogP contribution in [0.25, 0.3) is 5.57 Å². The molecule has 0 amide bonds. The predicted octanol–water partition coefficient (Wildman–Crippen LogP) is 4.81. The highest BCUT2D eigenvalue weighted by Gasteiger charge is 2.28. The van der Waals surface area contributed by atoms with Crippen LogP contribution in [0.5, 0.6) is 0 Å². The number of rotatable bonds is 3. The van der Waals surface area contributed by atoms with E-state index < -0.39 is 0 Å². The maximum atomic E-state index is 3.62. The third-order valence-electron chi connectivity index (χ3n) is 2.97. The van der Waals surface area contributed by atoms with Crippen molar-refractivity contribution in [2.45, 2.75) is 6.42 Å². The first kappa shape index (κ1) is 12.1. The maximum Gasteiger partial charge on any atom is 0.0134 e. The first-order chi connectivity index (χ1) is 7.79. The lowest BCUT2D eigenvalue weighted by atomic mass is 9.80. The Morgan fingerprint density at radius 1 is 1.06 bits per heavy atom. The molecule has 1 aromatic rings. The molecule has 0 radical (unpaired) electrons. The van der Waals surface area contributed by atoms with E-state index in [1.54, 1.807) is 0 Å². The third-order valence-corrected chi connectivity index (χ3v) is 5.20. The fourth-order valence-corrected chi connectivity index (χ4v) is 3.63. The van der Waals surface area contributed by atoms with Gasteiger partial charge in [-0.15, -0.1) is 0 Å². The molecule has 1 aromatic carbocycles. The summed E-state index contributed by atoms with van der Waals surface area (Å²) in [5, 5.41) is 1.98. The van der Waals surface area contributed by atoms with Gasteiger partial charge in [-0.25, -0.2) is 0 Å². The fourth-order valence-electron chi connectivity index (χ4n) is 1.94. The molecule has 0 spiro atoms. The molecule has 2 rings (SSSR count). The van der Waals surface area contributed by atoms with E-state index in [1.165, 1.54) is 11.1 Å². The van der Waals surface area contributed by atoms with Gasteiger partial charge in [-0.2, -0.15) is 0 Å². The quantitative estimate of drug-likeness (QED) is 0.692. The van der Waals surface area contributed by atoms with Crippen molar-refractivity contribution in [1.82, 2.24) is 0 Å². The third kappa shape index (κ3) is 2.49. The molecule has 0 saturated carbocycles. The Kier molecular flexibility index (Phi) is 4.04. The van der Waals surface area contributed by atoms with Gasteiger partial charge in [0.05, 0.1) is 0 Å². The van der Waals surface area contributed by atoms with E-state index in [0.717, 1.165) is 17.1 Å². The largest absolute Gasteiger partial charge is 0.0918 e. The topological polar surface area (TPSA) is 0 Å². The van der Waals surface area contributed by atoms with Crippen LogP contribution in [0.2, 0.25) is 0 Å². The van der Waals surface area contributed by atoms with Crippen molar-refractivity contribution in [2.24, 2.45) is 5.41 Å². The summed E-state index contributed by atoms with van der Waals surface area (Å²) in [7, 11) is 0. The van der Waals surface area contributed by atoms with Gasteiger partial charge in [0.1, 0.15) is 0 Å². The van der Waals surface area contributed by atoms with Crippen molar-refractivity contribution in [3.8, 4) is 0 Å². The van der Waals surface area contributed by atoms with Crippen LogP contribution >= 0.6 is 31.9 Å². The Hall–Kier alpha value is -0.340. The highest BCUT2D eigenvalue weighted by atomic mass is 79.9. The maximum absolute atomic E-state index is 3.62. The van der Waals surface area contributed by atoms with Crippen molar-refractivity contribution in [3.05, 3.63) is 54.1 Å². The van der Waals surface area contributed by atoms with Gasteiger partial charge in [-0.1, -0.05) is 80.4 Å². The SMILES string of the molecule is BrCC1(CBr)C=CC=C(c2ccccc2)C1. The standard InChI is InChI=1S/C14H14Br2/c15-10-14(11-16)8-4-7-13(9-14)12-5-2-1-3-6-12/h1-8H,9-11H2. The average Bonchev–Trinajstić information content (AvgIpc) is 2.40. The van der Waals surface area contributed by atoms with Crippen LogP contribution < -0.4 is 0 Å². The van der Waals surface area contributed by atoms with Crippen LogP contribution in [-0.2, 0) is 0 Å². The number of halogens is 2. The Labute approximate surface area is 114 Å². The summed E-state index contributed by atoms with van der Waals surface area (Å²) in [5.41, 5.74) is 2.97. The zero-order valence-electron chi connectivity index (χ0n) is 9.00. The van der Waals surface area contributed by atoms with Crippen LogP contribution in [0.1, 0.15) is 12.0 Å². The van der Waals surface area contributed by atoms with Crippen molar-refractivity contribution in [1.29, 1.82) is 0 Å². The molecule has 16 heavy (non-hydrogen) atoms. The molecule has 0 nitrogen and oxygen atoms in total. The van der Waals surface area contributed by atoms with Gasteiger partial charge < -0.3 is 0 Å². The summed E-state index contributed by atoms with van der Waals surface area (Å²) in [5.74, 6) is 0. The Bertz CT molecular complexity index is 400. The van der Waals surface area contributed by atoms with Crippen molar-refractivity contribution in [2.75, 3.05) is 10.7 Å². The second-order valence-corrected chi connectivity index (χ2v) is 5.34. The Morgan fingerprint density at radius 3 is 2.38 bits per heavy atom. The molecule has 0 atom stereocenters. The Morgan fingerprint density at radius 2 is 1.75 bits per heavy atom. The van der Waals surface area contributed by atoms with E-state index in [0.29, 0.717) is 0 Å². The minimum atomic E-state index is 0.222. The van der Waals surface area contributed by atoms with Crippen molar-refractivity contribution < 1.29 is 0 Å². The molecule has 0 N–H and O–H groups in total. The van der Waals surface area contributed by atoms with E-state index in [1.807, 2.05) is 0 Å². The summed E-state index contributed by atoms with van der Waals surface area (Å²) in [4.78, 5) is 0. The van der Waals surface area contributed by atoms with Gasteiger partial charge in [0.2, 0.25) is 0 Å². The second-order valence-electron chi connectivity index (χ2n) is 4.22. The van der Waals surface area contributed by atoms with Crippen LogP contribution in [-0.4, -0.2) is 10.7 Å². The van der Waals surface area contributed by atoms with Gasteiger partial charge in [0.25, 0.3) is 0 Å². The lowest BCUT2D eigenvalue weighted by Gasteiger charge is -2.30. The zero-order chi connectivity index (χ0) is 11.4.